The third-order valence-electron chi connectivity index (χ3n) is 3.65. The summed E-state index contributed by atoms with van der Waals surface area (Å²) in [5.41, 5.74) is 1.17. The van der Waals surface area contributed by atoms with Crippen LogP contribution < -0.4 is 5.32 Å². The lowest BCUT2D eigenvalue weighted by Gasteiger charge is -2.31. The fourth-order valence-electron chi connectivity index (χ4n) is 2.79. The van der Waals surface area contributed by atoms with E-state index in [1.807, 2.05) is 24.3 Å². The summed E-state index contributed by atoms with van der Waals surface area (Å²) >= 11 is 5.87. The lowest BCUT2D eigenvalue weighted by atomic mass is 9.88. The molecule has 0 aliphatic heterocycles. The predicted octanol–water partition coefficient (Wildman–Crippen LogP) is 3.69. The highest BCUT2D eigenvalue weighted by Gasteiger charge is 2.42. The number of benzene rings is 1. The second-order valence-corrected chi connectivity index (χ2v) is 6.35. The van der Waals surface area contributed by atoms with Crippen LogP contribution >= 0.6 is 11.6 Å². The maximum Gasteiger partial charge on any atom is 0.0661 e. The van der Waals surface area contributed by atoms with Gasteiger partial charge in [-0.3, -0.25) is 0 Å². The summed E-state index contributed by atoms with van der Waals surface area (Å²) in [5, 5.41) is 13.9. The van der Waals surface area contributed by atoms with Crippen molar-refractivity contribution in [3.8, 4) is 0 Å². The highest BCUT2D eigenvalue weighted by molar-refractivity contribution is 6.30. The van der Waals surface area contributed by atoms with E-state index in [2.05, 4.69) is 19.2 Å². The number of anilines is 1. The van der Waals surface area contributed by atoms with E-state index in [1.165, 1.54) is 0 Å². The molecular formula is C14H20ClNO. The van der Waals surface area contributed by atoms with Crippen molar-refractivity contribution in [1.29, 1.82) is 0 Å². The number of hydrogen-bond acceptors (Lipinski definition) is 2. The first kappa shape index (κ1) is 12.7. The molecule has 1 unspecified atom stereocenters. The Kier molecular flexibility index (Phi) is 3.37. The number of rotatable bonds is 3. The predicted molar refractivity (Wildman–Crippen MR) is 72.5 cm³/mol. The summed E-state index contributed by atoms with van der Waals surface area (Å²) in [4.78, 5) is 0. The molecular weight excluding hydrogens is 234 g/mol. The van der Waals surface area contributed by atoms with Gasteiger partial charge in [-0.1, -0.05) is 25.4 Å². The average molecular weight is 254 g/mol. The molecule has 0 amide bonds. The molecule has 2 rings (SSSR count). The van der Waals surface area contributed by atoms with E-state index in [1.54, 1.807) is 0 Å². The first-order valence-corrected chi connectivity index (χ1v) is 6.47. The molecule has 0 heterocycles. The number of halogens is 1. The third kappa shape index (κ3) is 2.93. The van der Waals surface area contributed by atoms with Gasteiger partial charge in [0.05, 0.1) is 12.1 Å². The minimum Gasteiger partial charge on any atom is -0.394 e. The molecule has 94 valence electrons. The van der Waals surface area contributed by atoms with Gasteiger partial charge in [0.25, 0.3) is 0 Å². The lowest BCUT2D eigenvalue weighted by molar-refractivity contribution is 0.202. The van der Waals surface area contributed by atoms with Crippen LogP contribution in [0.5, 0.6) is 0 Å². The van der Waals surface area contributed by atoms with Crippen molar-refractivity contribution < 1.29 is 5.11 Å². The molecule has 1 fully saturated rings. The van der Waals surface area contributed by atoms with Gasteiger partial charge in [0.1, 0.15) is 0 Å². The average Bonchev–Trinajstić information content (AvgIpc) is 2.59. The quantitative estimate of drug-likeness (QED) is 0.861. The van der Waals surface area contributed by atoms with Gasteiger partial charge in [-0.05, 0) is 48.9 Å². The Hall–Kier alpha value is -0.730. The molecule has 2 nitrogen and oxygen atoms in total. The Bertz CT molecular complexity index is 388. The lowest BCUT2D eigenvalue weighted by Crippen LogP contribution is -2.40. The van der Waals surface area contributed by atoms with Crippen LogP contribution in [0.15, 0.2) is 24.3 Å². The molecule has 1 aromatic rings. The van der Waals surface area contributed by atoms with Crippen LogP contribution in [0.3, 0.4) is 0 Å². The largest absolute Gasteiger partial charge is 0.394 e. The van der Waals surface area contributed by atoms with Gasteiger partial charge >= 0.3 is 0 Å². The van der Waals surface area contributed by atoms with Gasteiger partial charge in [-0.15, -0.1) is 0 Å². The molecule has 1 aliphatic carbocycles. The van der Waals surface area contributed by atoms with E-state index in [9.17, 15) is 5.11 Å². The molecule has 0 saturated heterocycles. The Morgan fingerprint density at radius 2 is 1.88 bits per heavy atom. The zero-order valence-electron chi connectivity index (χ0n) is 10.5. The van der Waals surface area contributed by atoms with Crippen LogP contribution in [0.25, 0.3) is 0 Å². The van der Waals surface area contributed by atoms with Gasteiger partial charge in [0.15, 0.2) is 0 Å². The van der Waals surface area contributed by atoms with Crippen molar-refractivity contribution in [1.82, 2.24) is 0 Å². The van der Waals surface area contributed by atoms with Crippen molar-refractivity contribution >= 4 is 17.3 Å². The molecule has 1 saturated carbocycles. The van der Waals surface area contributed by atoms with Crippen molar-refractivity contribution in [3.63, 3.8) is 0 Å². The van der Waals surface area contributed by atoms with E-state index in [0.29, 0.717) is 5.41 Å². The smallest absolute Gasteiger partial charge is 0.0661 e. The van der Waals surface area contributed by atoms with Gasteiger partial charge in [-0.25, -0.2) is 0 Å². The van der Waals surface area contributed by atoms with Crippen LogP contribution in [0.1, 0.15) is 33.1 Å². The molecule has 0 radical (unpaired) electrons. The normalized spacial score (nSPS) is 27.1. The highest BCUT2D eigenvalue weighted by atomic mass is 35.5. The summed E-state index contributed by atoms with van der Waals surface area (Å²) in [6.07, 6.45) is 3.16. The minimum atomic E-state index is -0.169. The van der Waals surface area contributed by atoms with E-state index < -0.39 is 0 Å². The number of nitrogens with one attached hydrogen (secondary N) is 1. The highest BCUT2D eigenvalue weighted by Crippen LogP contribution is 2.44. The van der Waals surface area contributed by atoms with Gasteiger partial charge in [-0.2, -0.15) is 0 Å². The van der Waals surface area contributed by atoms with Crippen LogP contribution in [0.4, 0.5) is 5.69 Å². The van der Waals surface area contributed by atoms with E-state index in [4.69, 9.17) is 11.6 Å². The Labute approximate surface area is 108 Å². The van der Waals surface area contributed by atoms with Crippen LogP contribution in [-0.4, -0.2) is 17.3 Å². The van der Waals surface area contributed by atoms with Gasteiger partial charge < -0.3 is 10.4 Å². The zero-order valence-corrected chi connectivity index (χ0v) is 11.2. The topological polar surface area (TPSA) is 32.3 Å². The Balaban J connectivity index is 2.13. The van der Waals surface area contributed by atoms with Crippen molar-refractivity contribution in [2.45, 2.75) is 38.6 Å². The van der Waals surface area contributed by atoms with Crippen LogP contribution in [0, 0.1) is 5.41 Å². The van der Waals surface area contributed by atoms with E-state index in [0.717, 1.165) is 30.0 Å². The summed E-state index contributed by atoms with van der Waals surface area (Å²) in [5.74, 6) is 0. The summed E-state index contributed by atoms with van der Waals surface area (Å²) in [6.45, 7) is 4.70. The molecule has 17 heavy (non-hydrogen) atoms. The fourth-order valence-corrected chi connectivity index (χ4v) is 2.92. The summed E-state index contributed by atoms with van der Waals surface area (Å²) in [6, 6.07) is 7.67. The molecule has 1 aromatic carbocycles. The van der Waals surface area contributed by atoms with E-state index >= 15 is 0 Å². The van der Waals surface area contributed by atoms with E-state index in [-0.39, 0.29) is 12.1 Å². The van der Waals surface area contributed by atoms with Gasteiger partial charge in [0, 0.05) is 10.7 Å². The summed E-state index contributed by atoms with van der Waals surface area (Å²) < 4.78 is 0. The van der Waals surface area contributed by atoms with Crippen molar-refractivity contribution in [3.05, 3.63) is 29.3 Å². The molecule has 2 N–H and O–H groups in total. The maximum atomic E-state index is 9.68. The molecule has 0 bridgehead atoms. The van der Waals surface area contributed by atoms with Crippen molar-refractivity contribution in [2.75, 3.05) is 11.9 Å². The molecule has 1 aliphatic rings. The molecule has 3 heteroatoms. The number of aliphatic hydroxyl groups is 1. The SMILES string of the molecule is CC1(C)CCC(CO)(Nc2ccc(Cl)cc2)C1. The summed E-state index contributed by atoms with van der Waals surface area (Å²) in [7, 11) is 0. The number of aliphatic hydroxyl groups excluding tert-OH is 1. The molecule has 1 atom stereocenters. The molecule has 0 aromatic heterocycles. The minimum absolute atomic E-state index is 0.169. The Morgan fingerprint density at radius 3 is 2.35 bits per heavy atom. The standard InChI is InChI=1S/C14H20ClNO/c1-13(2)7-8-14(9-13,10-17)16-12-5-3-11(15)4-6-12/h3-6,16-17H,7-10H2,1-2H3. The zero-order chi connectivity index (χ0) is 12.5. The first-order chi connectivity index (χ1) is 7.95. The van der Waals surface area contributed by atoms with Gasteiger partial charge in [0.2, 0.25) is 0 Å². The fraction of sp³-hybridized carbons (Fsp3) is 0.571. The Morgan fingerprint density at radius 1 is 1.24 bits per heavy atom. The second-order valence-electron chi connectivity index (χ2n) is 5.91. The second kappa shape index (κ2) is 4.51. The van der Waals surface area contributed by atoms with Crippen LogP contribution in [-0.2, 0) is 0 Å². The van der Waals surface area contributed by atoms with Crippen LogP contribution in [0.2, 0.25) is 5.02 Å². The number of hydrogen-bond donors (Lipinski definition) is 2. The maximum absolute atomic E-state index is 9.68. The first-order valence-electron chi connectivity index (χ1n) is 6.09. The van der Waals surface area contributed by atoms with Crippen molar-refractivity contribution in [2.24, 2.45) is 5.41 Å². The monoisotopic (exact) mass is 253 g/mol. The third-order valence-corrected chi connectivity index (χ3v) is 3.91. The molecule has 0 spiro atoms.